The summed E-state index contributed by atoms with van der Waals surface area (Å²) in [6.07, 6.45) is 5.59. The van der Waals surface area contributed by atoms with E-state index in [4.69, 9.17) is 0 Å². The lowest BCUT2D eigenvalue weighted by molar-refractivity contribution is 1.18. The lowest BCUT2D eigenvalue weighted by atomic mass is 10.5. The van der Waals surface area contributed by atoms with Crippen molar-refractivity contribution in [3.63, 3.8) is 0 Å². The summed E-state index contributed by atoms with van der Waals surface area (Å²) in [6.45, 7) is 0. The van der Waals surface area contributed by atoms with Gasteiger partial charge >= 0.3 is 0 Å². The predicted molar refractivity (Wildman–Crippen MR) is 34.0 cm³/mol. The van der Waals surface area contributed by atoms with Crippen molar-refractivity contribution in [1.29, 1.82) is 0 Å². The molecule has 0 spiro atoms. The first-order chi connectivity index (χ1) is 4.47. The second-order valence-electron chi connectivity index (χ2n) is 1.81. The Morgan fingerprint density at radius 3 is 3.33 bits per heavy atom. The summed E-state index contributed by atoms with van der Waals surface area (Å²) >= 11 is 0. The maximum Gasteiger partial charge on any atom is 0.144 e. The molecule has 2 aromatic heterocycles. The summed E-state index contributed by atoms with van der Waals surface area (Å²) in [5.74, 6) is 0. The quantitative estimate of drug-likeness (QED) is 0.505. The first-order valence-electron chi connectivity index (χ1n) is 2.76. The van der Waals surface area contributed by atoms with Crippen LogP contribution < -0.4 is 0 Å². The van der Waals surface area contributed by atoms with E-state index in [0.29, 0.717) is 0 Å². The molecule has 0 aromatic carbocycles. The van der Waals surface area contributed by atoms with Gasteiger partial charge in [-0.25, -0.2) is 4.98 Å². The molecule has 0 unspecified atom stereocenters. The van der Waals surface area contributed by atoms with Gasteiger partial charge in [-0.05, 0) is 12.1 Å². The molecule has 9 heavy (non-hydrogen) atoms. The van der Waals surface area contributed by atoms with Crippen LogP contribution in [0.3, 0.4) is 0 Å². The summed E-state index contributed by atoms with van der Waals surface area (Å²) < 4.78 is 1.92. The van der Waals surface area contributed by atoms with Gasteiger partial charge in [0.25, 0.3) is 0 Å². The first-order valence-corrected chi connectivity index (χ1v) is 2.76. The highest BCUT2D eigenvalue weighted by atomic mass is 15.0. The minimum absolute atomic E-state index is 0.873. The van der Waals surface area contributed by atoms with E-state index < -0.39 is 0 Å². The molecule has 2 heteroatoms. The molecular weight excluding hydrogens is 112 g/mol. The van der Waals surface area contributed by atoms with Crippen molar-refractivity contribution in [3.05, 3.63) is 36.8 Å². The molecule has 0 aliphatic rings. The van der Waals surface area contributed by atoms with Crippen molar-refractivity contribution in [2.75, 3.05) is 0 Å². The molecule has 0 aliphatic carbocycles. The number of pyridine rings is 1. The topological polar surface area (TPSA) is 17.3 Å². The van der Waals surface area contributed by atoms with E-state index in [1.165, 1.54) is 0 Å². The summed E-state index contributed by atoms with van der Waals surface area (Å²) in [6, 6.07) is 6.76. The normalized spacial score (nSPS) is 10.2. The Bertz CT molecular complexity index is 281. The van der Waals surface area contributed by atoms with Crippen LogP contribution in [-0.2, 0) is 0 Å². The van der Waals surface area contributed by atoms with Gasteiger partial charge in [0.1, 0.15) is 5.65 Å². The third-order valence-corrected chi connectivity index (χ3v) is 1.22. The van der Waals surface area contributed by atoms with Gasteiger partial charge in [0.05, 0.1) is 0 Å². The number of nitrogens with zero attached hydrogens (tertiary/aromatic N) is 2. The molecule has 0 aliphatic heterocycles. The standard InChI is InChI=1S/C7H5N2/c1-2-5-9-6-4-8-7(9)3-1/h1-2,4-6H. The zero-order chi connectivity index (χ0) is 6.10. The SMILES string of the molecule is [c]1cccn2ccnc12. The smallest absolute Gasteiger partial charge is 0.144 e. The van der Waals surface area contributed by atoms with E-state index in [1.54, 1.807) is 6.20 Å². The molecule has 43 valence electrons. The molecule has 0 N–H and O–H groups in total. The van der Waals surface area contributed by atoms with Gasteiger partial charge in [-0.15, -0.1) is 0 Å². The number of hydrogen-bond acceptors (Lipinski definition) is 1. The molecule has 0 amide bonds. The van der Waals surface area contributed by atoms with Crippen LogP contribution in [0.25, 0.3) is 5.65 Å². The third-order valence-electron chi connectivity index (χ3n) is 1.22. The van der Waals surface area contributed by atoms with Crippen LogP contribution >= 0.6 is 0 Å². The maximum absolute atomic E-state index is 4.03. The third kappa shape index (κ3) is 0.598. The van der Waals surface area contributed by atoms with Gasteiger partial charge in [-0.3, -0.25) is 0 Å². The highest BCUT2D eigenvalue weighted by Crippen LogP contribution is 1.95. The largest absolute Gasteiger partial charge is 0.307 e. The zero-order valence-electron chi connectivity index (χ0n) is 4.78. The predicted octanol–water partition coefficient (Wildman–Crippen LogP) is 1.13. The summed E-state index contributed by atoms with van der Waals surface area (Å²) in [7, 11) is 0. The van der Waals surface area contributed by atoms with Crippen LogP contribution in [0.2, 0.25) is 0 Å². The molecule has 0 atom stereocenters. The Morgan fingerprint density at radius 1 is 1.44 bits per heavy atom. The molecule has 2 rings (SSSR count). The lowest BCUT2D eigenvalue weighted by Gasteiger charge is -1.86. The van der Waals surface area contributed by atoms with E-state index in [-0.39, 0.29) is 0 Å². The summed E-state index contributed by atoms with van der Waals surface area (Å²) in [5.41, 5.74) is 0.873. The van der Waals surface area contributed by atoms with Crippen LogP contribution in [-0.4, -0.2) is 9.38 Å². The van der Waals surface area contributed by atoms with E-state index in [1.807, 2.05) is 28.9 Å². The maximum atomic E-state index is 4.03. The fourth-order valence-electron chi connectivity index (χ4n) is 0.804. The average molecular weight is 117 g/mol. The van der Waals surface area contributed by atoms with Gasteiger partial charge in [0, 0.05) is 24.7 Å². The minimum Gasteiger partial charge on any atom is -0.307 e. The number of aromatic nitrogens is 2. The number of hydrogen-bond donors (Lipinski definition) is 0. The molecule has 2 nitrogen and oxygen atoms in total. The molecule has 2 aromatic rings. The van der Waals surface area contributed by atoms with Gasteiger partial charge in [0.15, 0.2) is 0 Å². The second kappa shape index (κ2) is 1.58. The van der Waals surface area contributed by atoms with Crippen molar-refractivity contribution in [2.45, 2.75) is 0 Å². The van der Waals surface area contributed by atoms with Crippen LogP contribution in [0, 0.1) is 6.07 Å². The van der Waals surface area contributed by atoms with Crippen LogP contribution in [0.5, 0.6) is 0 Å². The first kappa shape index (κ1) is 4.56. The van der Waals surface area contributed by atoms with Crippen molar-refractivity contribution < 1.29 is 0 Å². The number of fused-ring (bicyclic) bond motifs is 1. The molecular formula is C7H5N2. The minimum atomic E-state index is 0.873. The Hall–Kier alpha value is -1.31. The van der Waals surface area contributed by atoms with E-state index in [0.717, 1.165) is 5.65 Å². The summed E-state index contributed by atoms with van der Waals surface area (Å²) in [5, 5.41) is 0. The molecule has 0 bridgehead atoms. The van der Waals surface area contributed by atoms with Crippen molar-refractivity contribution >= 4 is 5.65 Å². The lowest BCUT2D eigenvalue weighted by Crippen LogP contribution is -1.78. The van der Waals surface area contributed by atoms with E-state index in [2.05, 4.69) is 11.1 Å². The second-order valence-corrected chi connectivity index (χ2v) is 1.81. The molecule has 0 fully saturated rings. The fraction of sp³-hybridized carbons (Fsp3) is 0. The van der Waals surface area contributed by atoms with Gasteiger partial charge in [-0.2, -0.15) is 0 Å². The van der Waals surface area contributed by atoms with Crippen LogP contribution in [0.15, 0.2) is 30.7 Å². The van der Waals surface area contributed by atoms with Crippen molar-refractivity contribution in [2.24, 2.45) is 0 Å². The molecule has 1 radical (unpaired) electrons. The highest BCUT2D eigenvalue weighted by molar-refractivity contribution is 5.35. The van der Waals surface area contributed by atoms with Crippen LogP contribution in [0.4, 0.5) is 0 Å². The molecule has 0 saturated heterocycles. The van der Waals surface area contributed by atoms with Crippen LogP contribution in [0.1, 0.15) is 0 Å². The number of rotatable bonds is 0. The Morgan fingerprint density at radius 2 is 2.44 bits per heavy atom. The van der Waals surface area contributed by atoms with Gasteiger partial charge in [0.2, 0.25) is 0 Å². The van der Waals surface area contributed by atoms with E-state index in [9.17, 15) is 0 Å². The van der Waals surface area contributed by atoms with Gasteiger partial charge < -0.3 is 4.40 Å². The highest BCUT2D eigenvalue weighted by Gasteiger charge is 1.86. The van der Waals surface area contributed by atoms with Crippen molar-refractivity contribution in [1.82, 2.24) is 9.38 Å². The monoisotopic (exact) mass is 117 g/mol. The Kier molecular flexibility index (Phi) is 0.803. The van der Waals surface area contributed by atoms with E-state index >= 15 is 0 Å². The fourth-order valence-corrected chi connectivity index (χ4v) is 0.804. The molecule has 0 saturated carbocycles. The average Bonchev–Trinajstić information content (AvgIpc) is 2.33. The number of imidazole rings is 1. The van der Waals surface area contributed by atoms with Crippen molar-refractivity contribution in [3.8, 4) is 0 Å². The van der Waals surface area contributed by atoms with Gasteiger partial charge in [-0.1, -0.05) is 0 Å². The Balaban J connectivity index is 2.95. The summed E-state index contributed by atoms with van der Waals surface area (Å²) in [4.78, 5) is 4.03. The molecule has 2 heterocycles. The Labute approximate surface area is 52.8 Å². The zero-order valence-corrected chi connectivity index (χ0v) is 4.78.